The van der Waals surface area contributed by atoms with Gasteiger partial charge in [-0.3, -0.25) is 9.78 Å². The van der Waals surface area contributed by atoms with E-state index in [-0.39, 0.29) is 28.8 Å². The van der Waals surface area contributed by atoms with Crippen LogP contribution in [0.5, 0.6) is 5.75 Å². The SMILES string of the molecule is CCOC(=O)COc1ccnc2c(NC(=O)c3c(Cl)cccc3Cl)cccc12. The second-order valence-electron chi connectivity index (χ2n) is 5.66. The van der Waals surface area contributed by atoms with Crippen LogP contribution in [-0.4, -0.2) is 30.1 Å². The molecular weight excluding hydrogens is 403 g/mol. The number of carbonyl (C=O) groups is 2. The number of rotatable bonds is 6. The van der Waals surface area contributed by atoms with Crippen LogP contribution in [-0.2, 0) is 9.53 Å². The number of halogens is 2. The highest BCUT2D eigenvalue weighted by atomic mass is 35.5. The number of benzene rings is 2. The fraction of sp³-hybridized carbons (Fsp3) is 0.150. The standard InChI is InChI=1S/C20H16Cl2N2O4/c1-2-27-17(25)11-28-16-9-10-23-19-12(16)5-3-8-15(19)24-20(26)18-13(21)6-4-7-14(18)22/h3-10H,2,11H2,1H3,(H,24,26). The van der Waals surface area contributed by atoms with Gasteiger partial charge in [-0.1, -0.05) is 35.3 Å². The number of carbonyl (C=O) groups excluding carboxylic acids is 2. The molecule has 0 saturated heterocycles. The molecule has 0 bridgehead atoms. The monoisotopic (exact) mass is 418 g/mol. The zero-order chi connectivity index (χ0) is 20.1. The molecule has 0 aliphatic carbocycles. The Morgan fingerprint density at radius 1 is 1.07 bits per heavy atom. The van der Waals surface area contributed by atoms with Crippen molar-refractivity contribution in [3.63, 3.8) is 0 Å². The number of esters is 1. The van der Waals surface area contributed by atoms with Gasteiger partial charge in [0.25, 0.3) is 5.91 Å². The first kappa shape index (κ1) is 19.9. The molecule has 1 heterocycles. The van der Waals surface area contributed by atoms with E-state index in [4.69, 9.17) is 32.7 Å². The molecule has 1 amide bonds. The lowest BCUT2D eigenvalue weighted by atomic mass is 10.1. The predicted molar refractivity (Wildman–Crippen MR) is 108 cm³/mol. The number of nitrogens with one attached hydrogen (secondary N) is 1. The molecule has 0 aliphatic heterocycles. The lowest BCUT2D eigenvalue weighted by Crippen LogP contribution is -2.15. The highest BCUT2D eigenvalue weighted by Crippen LogP contribution is 2.30. The van der Waals surface area contributed by atoms with Crippen LogP contribution in [0.4, 0.5) is 5.69 Å². The Hall–Kier alpha value is -2.83. The molecule has 28 heavy (non-hydrogen) atoms. The molecule has 3 rings (SSSR count). The summed E-state index contributed by atoms with van der Waals surface area (Å²) in [4.78, 5) is 28.5. The summed E-state index contributed by atoms with van der Waals surface area (Å²) in [5.74, 6) is -0.474. The van der Waals surface area contributed by atoms with Gasteiger partial charge in [-0.25, -0.2) is 4.79 Å². The predicted octanol–water partition coefficient (Wildman–Crippen LogP) is 4.74. The van der Waals surface area contributed by atoms with Gasteiger partial charge in [-0.05, 0) is 37.3 Å². The molecule has 0 unspecified atom stereocenters. The first-order chi connectivity index (χ1) is 13.5. The van der Waals surface area contributed by atoms with Crippen molar-refractivity contribution >= 4 is 51.7 Å². The molecule has 0 aliphatic rings. The highest BCUT2D eigenvalue weighted by Gasteiger charge is 2.17. The van der Waals surface area contributed by atoms with Gasteiger partial charge in [0.15, 0.2) is 6.61 Å². The summed E-state index contributed by atoms with van der Waals surface area (Å²) in [5, 5.41) is 3.91. The summed E-state index contributed by atoms with van der Waals surface area (Å²) in [5.41, 5.74) is 1.14. The van der Waals surface area contributed by atoms with Crippen LogP contribution in [0.1, 0.15) is 17.3 Å². The van der Waals surface area contributed by atoms with Crippen LogP contribution < -0.4 is 10.1 Å². The minimum atomic E-state index is -0.467. The average Bonchev–Trinajstić information content (AvgIpc) is 2.67. The Kier molecular flexibility index (Phi) is 6.34. The average molecular weight is 419 g/mol. The van der Waals surface area contributed by atoms with Gasteiger partial charge in [0.1, 0.15) is 5.75 Å². The van der Waals surface area contributed by atoms with E-state index in [1.165, 1.54) is 6.20 Å². The van der Waals surface area contributed by atoms with Crippen LogP contribution in [0.3, 0.4) is 0 Å². The molecule has 144 valence electrons. The molecular formula is C20H16Cl2N2O4. The molecule has 6 nitrogen and oxygen atoms in total. The number of pyridine rings is 1. The Morgan fingerprint density at radius 2 is 1.79 bits per heavy atom. The van der Waals surface area contributed by atoms with Gasteiger partial charge in [0, 0.05) is 11.6 Å². The topological polar surface area (TPSA) is 77.5 Å². The summed E-state index contributed by atoms with van der Waals surface area (Å²) in [6, 6.07) is 11.7. The van der Waals surface area contributed by atoms with Crippen LogP contribution in [0.2, 0.25) is 10.0 Å². The number of fused-ring (bicyclic) bond motifs is 1. The number of para-hydroxylation sites is 1. The number of anilines is 1. The summed E-state index contributed by atoms with van der Waals surface area (Å²) >= 11 is 12.2. The number of ether oxygens (including phenoxy) is 2. The molecule has 0 radical (unpaired) electrons. The van der Waals surface area contributed by atoms with Gasteiger partial charge in [-0.2, -0.15) is 0 Å². The maximum Gasteiger partial charge on any atom is 0.344 e. The molecule has 8 heteroatoms. The summed E-state index contributed by atoms with van der Waals surface area (Å²) in [6.45, 7) is 1.78. The smallest absolute Gasteiger partial charge is 0.344 e. The summed E-state index contributed by atoms with van der Waals surface area (Å²) < 4.78 is 10.4. The number of amides is 1. The molecule has 0 atom stereocenters. The molecule has 0 fully saturated rings. The Labute approximate surface area is 171 Å². The van der Waals surface area contributed by atoms with E-state index < -0.39 is 11.9 Å². The summed E-state index contributed by atoms with van der Waals surface area (Å²) in [7, 11) is 0. The van der Waals surface area contributed by atoms with Crippen molar-refractivity contribution in [2.75, 3.05) is 18.5 Å². The van der Waals surface area contributed by atoms with Crippen molar-refractivity contribution in [1.29, 1.82) is 0 Å². The third kappa shape index (κ3) is 4.35. The molecule has 1 aromatic heterocycles. The molecule has 2 aromatic carbocycles. The van der Waals surface area contributed by atoms with Crippen LogP contribution in [0.25, 0.3) is 10.9 Å². The molecule has 0 saturated carbocycles. The van der Waals surface area contributed by atoms with E-state index >= 15 is 0 Å². The minimum Gasteiger partial charge on any atom is -0.481 e. The second-order valence-corrected chi connectivity index (χ2v) is 6.47. The first-order valence-corrected chi connectivity index (χ1v) is 9.18. The number of aromatic nitrogens is 1. The quantitative estimate of drug-likeness (QED) is 0.585. The van der Waals surface area contributed by atoms with Gasteiger partial charge >= 0.3 is 5.97 Å². The van der Waals surface area contributed by atoms with E-state index in [1.807, 2.05) is 0 Å². The molecule has 1 N–H and O–H groups in total. The normalized spacial score (nSPS) is 10.5. The van der Waals surface area contributed by atoms with Gasteiger partial charge in [0.05, 0.1) is 33.4 Å². The van der Waals surface area contributed by atoms with Crippen molar-refractivity contribution in [3.8, 4) is 5.75 Å². The van der Waals surface area contributed by atoms with Gasteiger partial charge in [0.2, 0.25) is 0 Å². The Balaban J connectivity index is 1.90. The van der Waals surface area contributed by atoms with Crippen molar-refractivity contribution in [1.82, 2.24) is 4.98 Å². The second kappa shape index (κ2) is 8.91. The third-order valence-corrected chi connectivity index (χ3v) is 4.45. The van der Waals surface area contributed by atoms with Gasteiger partial charge in [-0.15, -0.1) is 0 Å². The largest absolute Gasteiger partial charge is 0.481 e. The summed E-state index contributed by atoms with van der Waals surface area (Å²) in [6.07, 6.45) is 1.53. The van der Waals surface area contributed by atoms with Crippen molar-refractivity contribution in [2.24, 2.45) is 0 Å². The lowest BCUT2D eigenvalue weighted by Gasteiger charge is -2.12. The Bertz CT molecular complexity index is 1020. The van der Waals surface area contributed by atoms with E-state index in [0.717, 1.165) is 0 Å². The molecule has 3 aromatic rings. The zero-order valence-electron chi connectivity index (χ0n) is 14.9. The van der Waals surface area contributed by atoms with E-state index in [2.05, 4.69) is 10.3 Å². The van der Waals surface area contributed by atoms with E-state index in [1.54, 1.807) is 49.4 Å². The fourth-order valence-corrected chi connectivity index (χ4v) is 3.19. The van der Waals surface area contributed by atoms with Crippen molar-refractivity contribution in [3.05, 3.63) is 64.3 Å². The Morgan fingerprint density at radius 3 is 2.50 bits per heavy atom. The fourth-order valence-electron chi connectivity index (χ4n) is 2.62. The van der Waals surface area contributed by atoms with Crippen LogP contribution in [0.15, 0.2) is 48.7 Å². The van der Waals surface area contributed by atoms with Gasteiger partial charge < -0.3 is 14.8 Å². The number of hydrogen-bond donors (Lipinski definition) is 1. The number of nitrogens with zero attached hydrogens (tertiary/aromatic N) is 1. The third-order valence-electron chi connectivity index (χ3n) is 3.82. The van der Waals surface area contributed by atoms with Crippen LogP contribution in [0, 0.1) is 0 Å². The molecule has 0 spiro atoms. The zero-order valence-corrected chi connectivity index (χ0v) is 16.4. The van der Waals surface area contributed by atoms with Crippen molar-refractivity contribution in [2.45, 2.75) is 6.92 Å². The number of hydrogen-bond acceptors (Lipinski definition) is 5. The van der Waals surface area contributed by atoms with E-state index in [9.17, 15) is 9.59 Å². The first-order valence-electron chi connectivity index (χ1n) is 8.42. The van der Waals surface area contributed by atoms with E-state index in [0.29, 0.717) is 22.3 Å². The minimum absolute atomic E-state index is 0.178. The maximum absolute atomic E-state index is 12.7. The maximum atomic E-state index is 12.7. The lowest BCUT2D eigenvalue weighted by molar-refractivity contribution is -0.145. The van der Waals surface area contributed by atoms with Crippen molar-refractivity contribution < 1.29 is 19.1 Å². The van der Waals surface area contributed by atoms with Crippen LogP contribution >= 0.6 is 23.2 Å². The highest BCUT2D eigenvalue weighted by molar-refractivity contribution is 6.40.